The van der Waals surface area contributed by atoms with Gasteiger partial charge >= 0.3 is 0 Å². The first kappa shape index (κ1) is 28.8. The fourth-order valence-electron chi connectivity index (χ4n) is 4.32. The molecule has 3 aromatic carbocycles. The van der Waals surface area contributed by atoms with Crippen molar-refractivity contribution in [3.8, 4) is 0 Å². The van der Waals surface area contributed by atoms with E-state index in [9.17, 15) is 22.0 Å². The smallest absolute Gasteiger partial charge is 0.231 e. The molecule has 1 amide bonds. The minimum atomic E-state index is -3.12. The second kappa shape index (κ2) is 12.4. The van der Waals surface area contributed by atoms with Gasteiger partial charge in [-0.15, -0.1) is 0 Å². The monoisotopic (exact) mass is 591 g/mol. The third-order valence-electron chi connectivity index (χ3n) is 6.19. The van der Waals surface area contributed by atoms with Crippen LogP contribution in [0, 0.1) is 11.6 Å². The molecule has 0 atom stereocenters. The third kappa shape index (κ3) is 7.50. The topological polar surface area (TPSA) is 131 Å². The Bertz CT molecular complexity index is 1840. The Hall–Kier alpha value is -4.75. The van der Waals surface area contributed by atoms with Crippen molar-refractivity contribution in [2.45, 2.75) is 25.4 Å². The summed E-state index contributed by atoms with van der Waals surface area (Å²) in [5.41, 5.74) is 3.46. The van der Waals surface area contributed by atoms with E-state index in [-0.39, 0.29) is 30.4 Å². The Kier molecular flexibility index (Phi) is 8.50. The maximum atomic E-state index is 14.1. The quantitative estimate of drug-likeness (QED) is 0.207. The van der Waals surface area contributed by atoms with Crippen LogP contribution in [0.2, 0.25) is 0 Å². The van der Waals surface area contributed by atoms with Crippen molar-refractivity contribution < 1.29 is 22.0 Å². The molecular weight excluding hydrogens is 564 g/mol. The first-order valence-electron chi connectivity index (χ1n) is 12.9. The molecule has 13 heteroatoms. The number of carbonyl (C=O) groups excluding carboxylic acids is 1. The van der Waals surface area contributed by atoms with Crippen molar-refractivity contribution in [2.24, 2.45) is 0 Å². The van der Waals surface area contributed by atoms with Gasteiger partial charge in [0.1, 0.15) is 11.6 Å². The van der Waals surface area contributed by atoms with E-state index in [1.165, 1.54) is 6.26 Å². The highest BCUT2D eigenvalue weighted by Crippen LogP contribution is 2.20. The fourth-order valence-corrected chi connectivity index (χ4v) is 5.12. The number of nitrogens with one attached hydrogen (secondary N) is 3. The molecule has 2 aromatic heterocycles. The summed E-state index contributed by atoms with van der Waals surface area (Å²) >= 11 is 0. The van der Waals surface area contributed by atoms with Gasteiger partial charge in [0, 0.05) is 30.2 Å². The third-order valence-corrected chi connectivity index (χ3v) is 7.05. The highest BCUT2D eigenvalue weighted by molar-refractivity contribution is 7.89. The summed E-state index contributed by atoms with van der Waals surface area (Å²) in [7, 11) is -3.12. The lowest BCUT2D eigenvalue weighted by Crippen LogP contribution is -2.23. The average Bonchev–Trinajstić information content (AvgIpc) is 3.28. The number of anilines is 3. The first-order valence-corrected chi connectivity index (χ1v) is 14.9. The van der Waals surface area contributed by atoms with Crippen LogP contribution < -0.4 is 16.0 Å². The lowest BCUT2D eigenvalue weighted by molar-refractivity contribution is -0.115. The number of carbonyl (C=O) groups is 1. The number of benzene rings is 3. The maximum absolute atomic E-state index is 14.1. The Balaban J connectivity index is 1.24. The predicted molar refractivity (Wildman–Crippen MR) is 156 cm³/mol. The Morgan fingerprint density at radius 2 is 1.76 bits per heavy atom. The molecule has 0 spiro atoms. The molecule has 0 radical (unpaired) electrons. The zero-order valence-electron chi connectivity index (χ0n) is 22.5. The number of amides is 1. The van der Waals surface area contributed by atoms with Crippen LogP contribution in [0.1, 0.15) is 16.8 Å². The summed E-state index contributed by atoms with van der Waals surface area (Å²) in [6, 6.07) is 19.1. The van der Waals surface area contributed by atoms with Gasteiger partial charge in [-0.3, -0.25) is 20.0 Å². The predicted octanol–water partition coefficient (Wildman–Crippen LogP) is 4.32. The molecule has 0 unspecified atom stereocenters. The van der Waals surface area contributed by atoms with Gasteiger partial charge in [-0.2, -0.15) is 0 Å². The van der Waals surface area contributed by atoms with Crippen LogP contribution in [-0.4, -0.2) is 40.1 Å². The lowest BCUT2D eigenvalue weighted by atomic mass is 10.1. The Morgan fingerprint density at radius 3 is 2.55 bits per heavy atom. The van der Waals surface area contributed by atoms with Crippen LogP contribution in [0.5, 0.6) is 0 Å². The molecule has 0 bridgehead atoms. The maximum Gasteiger partial charge on any atom is 0.231 e. The van der Waals surface area contributed by atoms with E-state index < -0.39 is 27.4 Å². The van der Waals surface area contributed by atoms with Crippen LogP contribution in [0.4, 0.5) is 26.4 Å². The first-order chi connectivity index (χ1) is 20.1. The largest absolute Gasteiger partial charge is 0.324 e. The van der Waals surface area contributed by atoms with E-state index in [4.69, 9.17) is 0 Å². The molecule has 0 aliphatic carbocycles. The molecule has 0 saturated carbocycles. The number of fused-ring (bicyclic) bond motifs is 1. The number of para-hydroxylation sites is 2. The van der Waals surface area contributed by atoms with E-state index in [2.05, 4.69) is 30.9 Å². The second-order valence-corrected chi connectivity index (χ2v) is 11.8. The van der Waals surface area contributed by atoms with Crippen molar-refractivity contribution in [1.29, 1.82) is 0 Å². The van der Waals surface area contributed by atoms with Crippen LogP contribution in [0.25, 0.3) is 11.0 Å². The average molecular weight is 592 g/mol. The lowest BCUT2D eigenvalue weighted by Gasteiger charge is -2.12. The number of nitrogens with zero attached hydrogens (tertiary/aromatic N) is 4. The van der Waals surface area contributed by atoms with Gasteiger partial charge in [-0.25, -0.2) is 32.2 Å². The fraction of sp³-hybridized carbons (Fsp3) is 0.172. The van der Waals surface area contributed by atoms with Gasteiger partial charge in [0.2, 0.25) is 17.8 Å². The molecule has 5 rings (SSSR count). The van der Waals surface area contributed by atoms with Gasteiger partial charge in [0.25, 0.3) is 0 Å². The van der Waals surface area contributed by atoms with Crippen molar-refractivity contribution in [3.63, 3.8) is 0 Å². The number of imidazole rings is 1. The summed E-state index contributed by atoms with van der Waals surface area (Å²) in [6.45, 7) is 0.623. The molecule has 0 aliphatic heterocycles. The number of rotatable bonds is 11. The number of aromatic nitrogens is 4. The summed E-state index contributed by atoms with van der Waals surface area (Å²) in [5.74, 6) is -1.23. The van der Waals surface area contributed by atoms with Crippen molar-refractivity contribution in [3.05, 3.63) is 107 Å². The van der Waals surface area contributed by atoms with Gasteiger partial charge < -0.3 is 5.32 Å². The summed E-state index contributed by atoms with van der Waals surface area (Å²) in [6.07, 6.45) is 2.46. The summed E-state index contributed by atoms with van der Waals surface area (Å²) in [5, 5.41) is 9.10. The minimum Gasteiger partial charge on any atom is -0.324 e. The Morgan fingerprint density at radius 1 is 0.976 bits per heavy atom. The molecular formula is C29H27F2N7O3S. The van der Waals surface area contributed by atoms with Crippen molar-refractivity contribution in [2.75, 3.05) is 16.9 Å². The van der Waals surface area contributed by atoms with E-state index in [0.29, 0.717) is 35.0 Å². The molecule has 3 N–H and O–H groups in total. The van der Waals surface area contributed by atoms with Crippen LogP contribution >= 0.6 is 0 Å². The molecule has 42 heavy (non-hydrogen) atoms. The summed E-state index contributed by atoms with van der Waals surface area (Å²) < 4.78 is 52.4. The van der Waals surface area contributed by atoms with E-state index in [1.54, 1.807) is 41.1 Å². The molecule has 10 nitrogen and oxygen atoms in total. The number of hydrogen-bond acceptors (Lipinski definition) is 8. The highest BCUT2D eigenvalue weighted by Gasteiger charge is 2.15. The van der Waals surface area contributed by atoms with Crippen LogP contribution in [0.15, 0.2) is 79.0 Å². The van der Waals surface area contributed by atoms with Crippen molar-refractivity contribution in [1.82, 2.24) is 24.8 Å². The van der Waals surface area contributed by atoms with E-state index in [0.717, 1.165) is 23.7 Å². The Labute approximate surface area is 240 Å². The van der Waals surface area contributed by atoms with Gasteiger partial charge in [-0.05, 0) is 54.1 Å². The van der Waals surface area contributed by atoms with Gasteiger partial charge in [0.05, 0.1) is 35.6 Å². The molecule has 0 aliphatic rings. The zero-order chi connectivity index (χ0) is 29.7. The molecule has 0 saturated heterocycles. The molecule has 216 valence electrons. The standard InChI is InChI=1S/C29H27F2N7O3S/c1-42(40,41)17-19-6-9-22(10-7-19)34-28-33-13-12-23(35-28)16-32-18-38-26-5-3-2-4-25(26)36-29(38)37-27(39)15-20-14-21(30)8-11-24(20)31/h2-14,32H,15-18H2,1H3,(H,33,34,35)(H,36,37,39). The highest BCUT2D eigenvalue weighted by atomic mass is 32.2. The zero-order valence-corrected chi connectivity index (χ0v) is 23.3. The van der Waals surface area contributed by atoms with Gasteiger partial charge in [-0.1, -0.05) is 24.3 Å². The van der Waals surface area contributed by atoms with Crippen LogP contribution in [0.3, 0.4) is 0 Å². The number of halogens is 2. The molecule has 2 heterocycles. The minimum absolute atomic E-state index is 0.0336. The summed E-state index contributed by atoms with van der Waals surface area (Å²) in [4.78, 5) is 26.0. The van der Waals surface area contributed by atoms with Crippen molar-refractivity contribution >= 4 is 44.4 Å². The number of hydrogen-bond donors (Lipinski definition) is 3. The van der Waals surface area contributed by atoms with E-state index in [1.807, 2.05) is 24.3 Å². The van der Waals surface area contributed by atoms with Gasteiger partial charge in [0.15, 0.2) is 9.84 Å². The van der Waals surface area contributed by atoms with Crippen LogP contribution in [-0.2, 0) is 40.0 Å². The second-order valence-electron chi connectivity index (χ2n) is 9.66. The normalized spacial score (nSPS) is 11.5. The molecule has 5 aromatic rings. The molecule has 0 fully saturated rings. The number of sulfone groups is 1. The SMILES string of the molecule is CS(=O)(=O)Cc1ccc(Nc2nccc(CNCn3c(NC(=O)Cc4cc(F)ccc4F)nc4ccccc43)n2)cc1. The van der Waals surface area contributed by atoms with E-state index >= 15 is 0 Å².